The van der Waals surface area contributed by atoms with Crippen LogP contribution in [0.5, 0.6) is 0 Å². The molecule has 1 saturated heterocycles. The van der Waals surface area contributed by atoms with E-state index < -0.39 is 0 Å². The number of nitrogens with one attached hydrogen (secondary N) is 1. The highest BCUT2D eigenvalue weighted by Crippen LogP contribution is 2.19. The molecule has 1 fully saturated rings. The average Bonchev–Trinajstić information content (AvgIpc) is 3.28. The van der Waals surface area contributed by atoms with E-state index in [2.05, 4.69) is 29.2 Å². The summed E-state index contributed by atoms with van der Waals surface area (Å²) < 4.78 is 2.05. The topological polar surface area (TPSA) is 50.2 Å². The summed E-state index contributed by atoms with van der Waals surface area (Å²) in [5, 5.41) is 11.3. The Morgan fingerprint density at radius 1 is 1.52 bits per heavy atom. The first kappa shape index (κ1) is 16.2. The fourth-order valence-corrected chi connectivity index (χ4v) is 3.79. The molecule has 2 aromatic heterocycles. The number of aromatic nitrogens is 2. The van der Waals surface area contributed by atoms with E-state index in [1.807, 2.05) is 27.7 Å². The summed E-state index contributed by atoms with van der Waals surface area (Å²) in [5.41, 5.74) is 3.35. The van der Waals surface area contributed by atoms with Crippen molar-refractivity contribution in [3.05, 3.63) is 39.8 Å². The van der Waals surface area contributed by atoms with E-state index >= 15 is 0 Å². The molecule has 0 radical (unpaired) electrons. The van der Waals surface area contributed by atoms with E-state index in [0.717, 1.165) is 44.7 Å². The van der Waals surface area contributed by atoms with Gasteiger partial charge in [0, 0.05) is 48.4 Å². The van der Waals surface area contributed by atoms with Gasteiger partial charge in [0.05, 0.1) is 6.20 Å². The van der Waals surface area contributed by atoms with E-state index in [1.165, 1.54) is 11.3 Å². The van der Waals surface area contributed by atoms with Crippen molar-refractivity contribution >= 4 is 17.2 Å². The fraction of sp³-hybridized carbons (Fsp3) is 0.529. The minimum atomic E-state index is 0.0461. The molecule has 2 aromatic rings. The van der Waals surface area contributed by atoms with Gasteiger partial charge in [-0.25, -0.2) is 0 Å². The van der Waals surface area contributed by atoms with Crippen LogP contribution in [0.3, 0.4) is 0 Å². The number of nitrogens with zero attached hydrogens (tertiary/aromatic N) is 3. The number of amides is 1. The predicted molar refractivity (Wildman–Crippen MR) is 92.7 cm³/mol. The summed E-state index contributed by atoms with van der Waals surface area (Å²) >= 11 is 1.56. The Kier molecular flexibility index (Phi) is 5.13. The number of hydrogen-bond acceptors (Lipinski definition) is 4. The van der Waals surface area contributed by atoms with Crippen molar-refractivity contribution in [2.75, 3.05) is 19.6 Å². The molecule has 23 heavy (non-hydrogen) atoms. The Hall–Kier alpha value is -1.66. The van der Waals surface area contributed by atoms with Gasteiger partial charge in [-0.3, -0.25) is 14.4 Å². The van der Waals surface area contributed by atoms with Crippen LogP contribution < -0.4 is 5.32 Å². The highest BCUT2D eigenvalue weighted by Gasteiger charge is 2.24. The molecule has 1 atom stereocenters. The number of aryl methyl sites for hydroxylation is 1. The van der Waals surface area contributed by atoms with Crippen LogP contribution in [-0.4, -0.2) is 40.2 Å². The molecule has 0 aromatic carbocycles. The first-order valence-corrected chi connectivity index (χ1v) is 9.15. The van der Waals surface area contributed by atoms with Crippen molar-refractivity contribution in [1.82, 2.24) is 20.0 Å². The molecule has 1 N–H and O–H groups in total. The van der Waals surface area contributed by atoms with Crippen LogP contribution in [0.25, 0.3) is 0 Å². The molecule has 0 spiro atoms. The lowest BCUT2D eigenvalue weighted by Crippen LogP contribution is -2.30. The highest BCUT2D eigenvalue weighted by molar-refractivity contribution is 7.08. The maximum atomic E-state index is 12.0. The summed E-state index contributed by atoms with van der Waals surface area (Å²) in [6, 6.07) is 1.87. The maximum absolute atomic E-state index is 12.0. The van der Waals surface area contributed by atoms with Crippen LogP contribution in [0.4, 0.5) is 0 Å². The quantitative estimate of drug-likeness (QED) is 0.884. The van der Waals surface area contributed by atoms with E-state index in [0.29, 0.717) is 5.92 Å². The maximum Gasteiger partial charge on any atom is 0.252 e. The molecule has 3 rings (SSSR count). The zero-order chi connectivity index (χ0) is 16.2. The lowest BCUT2D eigenvalue weighted by molar-refractivity contribution is 0.0947. The van der Waals surface area contributed by atoms with Crippen LogP contribution in [-0.2, 0) is 13.1 Å². The van der Waals surface area contributed by atoms with Crippen molar-refractivity contribution in [3.8, 4) is 0 Å². The van der Waals surface area contributed by atoms with Gasteiger partial charge in [-0.05, 0) is 44.2 Å². The summed E-state index contributed by atoms with van der Waals surface area (Å²) in [5.74, 6) is 0.587. The standard InChI is InChI=1S/C17H24N4OS/c1-3-21-13(2)16(9-19-21)11-20-6-4-14(10-20)8-18-17(22)15-5-7-23-12-15/h5,7,9,12,14H,3-4,6,8,10-11H2,1-2H3,(H,18,22). The van der Waals surface area contributed by atoms with Gasteiger partial charge in [-0.1, -0.05) is 0 Å². The summed E-state index contributed by atoms with van der Waals surface area (Å²) in [6.07, 6.45) is 3.13. The monoisotopic (exact) mass is 332 g/mol. The molecule has 1 amide bonds. The Balaban J connectivity index is 1.47. The Morgan fingerprint density at radius 3 is 3.09 bits per heavy atom. The number of carbonyl (C=O) groups excluding carboxylic acids is 1. The smallest absolute Gasteiger partial charge is 0.252 e. The van der Waals surface area contributed by atoms with Gasteiger partial charge >= 0.3 is 0 Å². The van der Waals surface area contributed by atoms with Crippen molar-refractivity contribution in [2.45, 2.75) is 33.4 Å². The van der Waals surface area contributed by atoms with Crippen LogP contribution in [0.2, 0.25) is 0 Å². The summed E-state index contributed by atoms with van der Waals surface area (Å²) in [6.45, 7) is 9.03. The molecule has 0 saturated carbocycles. The van der Waals surface area contributed by atoms with Crippen LogP contribution in [0, 0.1) is 12.8 Å². The first-order valence-electron chi connectivity index (χ1n) is 8.21. The number of carbonyl (C=O) groups is 1. The number of hydrogen-bond donors (Lipinski definition) is 1. The largest absolute Gasteiger partial charge is 0.352 e. The van der Waals surface area contributed by atoms with E-state index in [9.17, 15) is 4.79 Å². The third-order valence-corrected chi connectivity index (χ3v) is 5.29. The lowest BCUT2D eigenvalue weighted by Gasteiger charge is -2.16. The number of thiophene rings is 1. The van der Waals surface area contributed by atoms with Gasteiger partial charge in [0.1, 0.15) is 0 Å². The van der Waals surface area contributed by atoms with Crippen molar-refractivity contribution in [1.29, 1.82) is 0 Å². The second-order valence-corrected chi connectivity index (χ2v) is 6.96. The molecule has 5 nitrogen and oxygen atoms in total. The second kappa shape index (κ2) is 7.27. The molecule has 0 bridgehead atoms. The molecule has 1 aliphatic rings. The lowest BCUT2D eigenvalue weighted by atomic mass is 10.1. The fourth-order valence-electron chi connectivity index (χ4n) is 3.16. The van der Waals surface area contributed by atoms with Crippen LogP contribution in [0.1, 0.15) is 35.0 Å². The average molecular weight is 332 g/mol. The van der Waals surface area contributed by atoms with E-state index in [4.69, 9.17) is 0 Å². The molecule has 1 aliphatic heterocycles. The SMILES string of the molecule is CCn1ncc(CN2CCC(CNC(=O)c3ccsc3)C2)c1C. The van der Waals surface area contributed by atoms with Gasteiger partial charge in [-0.15, -0.1) is 0 Å². The van der Waals surface area contributed by atoms with Crippen molar-refractivity contribution in [3.63, 3.8) is 0 Å². The Bertz CT molecular complexity index is 650. The molecule has 3 heterocycles. The third-order valence-electron chi connectivity index (χ3n) is 4.60. The highest BCUT2D eigenvalue weighted by atomic mass is 32.1. The third kappa shape index (κ3) is 3.82. The summed E-state index contributed by atoms with van der Waals surface area (Å²) in [7, 11) is 0. The van der Waals surface area contributed by atoms with Gasteiger partial charge < -0.3 is 5.32 Å². The van der Waals surface area contributed by atoms with Crippen molar-refractivity contribution in [2.24, 2.45) is 5.92 Å². The minimum absolute atomic E-state index is 0.0461. The zero-order valence-electron chi connectivity index (χ0n) is 13.8. The molecule has 6 heteroatoms. The number of likely N-dealkylation sites (tertiary alicyclic amines) is 1. The summed E-state index contributed by atoms with van der Waals surface area (Å²) in [4.78, 5) is 14.5. The van der Waals surface area contributed by atoms with Crippen LogP contribution >= 0.6 is 11.3 Å². The van der Waals surface area contributed by atoms with Crippen molar-refractivity contribution < 1.29 is 4.79 Å². The molecular weight excluding hydrogens is 308 g/mol. The van der Waals surface area contributed by atoms with Gasteiger partial charge in [0.15, 0.2) is 0 Å². The minimum Gasteiger partial charge on any atom is -0.352 e. The Morgan fingerprint density at radius 2 is 2.39 bits per heavy atom. The zero-order valence-corrected chi connectivity index (χ0v) is 14.6. The molecular formula is C17H24N4OS. The molecule has 1 unspecified atom stereocenters. The normalized spacial score (nSPS) is 18.4. The predicted octanol–water partition coefficient (Wildman–Crippen LogP) is 2.52. The molecule has 0 aliphatic carbocycles. The van der Waals surface area contributed by atoms with Gasteiger partial charge in [-0.2, -0.15) is 16.4 Å². The van der Waals surface area contributed by atoms with Gasteiger partial charge in [0.2, 0.25) is 0 Å². The van der Waals surface area contributed by atoms with E-state index in [1.54, 1.807) is 11.3 Å². The first-order chi connectivity index (χ1) is 11.2. The Labute approximate surface area is 141 Å². The second-order valence-electron chi connectivity index (χ2n) is 6.18. The van der Waals surface area contributed by atoms with E-state index in [-0.39, 0.29) is 5.91 Å². The van der Waals surface area contributed by atoms with Gasteiger partial charge in [0.25, 0.3) is 5.91 Å². The molecule has 124 valence electrons. The van der Waals surface area contributed by atoms with Crippen LogP contribution in [0.15, 0.2) is 23.0 Å². The number of rotatable bonds is 6.